The summed E-state index contributed by atoms with van der Waals surface area (Å²) in [7, 11) is 0. The number of nitrogens with zero attached hydrogens (tertiary/aromatic N) is 2. The van der Waals surface area contributed by atoms with E-state index in [1.807, 2.05) is 30.0 Å². The lowest BCUT2D eigenvalue weighted by Gasteiger charge is -2.06. The van der Waals surface area contributed by atoms with Gasteiger partial charge < -0.3 is 5.32 Å². The SMILES string of the molecule is O=C(NCCCSCc1ccccc1)Nc1ncccn1. The van der Waals surface area contributed by atoms with Crippen molar-refractivity contribution in [1.29, 1.82) is 0 Å². The zero-order chi connectivity index (χ0) is 14.8. The van der Waals surface area contributed by atoms with Crippen LogP contribution >= 0.6 is 11.8 Å². The highest BCUT2D eigenvalue weighted by Crippen LogP contribution is 2.12. The predicted octanol–water partition coefficient (Wildman–Crippen LogP) is 2.92. The van der Waals surface area contributed by atoms with Crippen molar-refractivity contribution in [1.82, 2.24) is 15.3 Å². The molecule has 0 aliphatic carbocycles. The third-order valence-electron chi connectivity index (χ3n) is 2.65. The molecule has 0 aliphatic rings. The summed E-state index contributed by atoms with van der Waals surface area (Å²) in [6.45, 7) is 0.639. The number of anilines is 1. The average Bonchev–Trinajstić information content (AvgIpc) is 2.53. The molecule has 2 amide bonds. The van der Waals surface area contributed by atoms with Crippen LogP contribution in [0.5, 0.6) is 0 Å². The van der Waals surface area contributed by atoms with Crippen LogP contribution in [0.15, 0.2) is 48.8 Å². The maximum atomic E-state index is 11.6. The Morgan fingerprint density at radius 1 is 1.10 bits per heavy atom. The van der Waals surface area contributed by atoms with Gasteiger partial charge in [0.25, 0.3) is 0 Å². The van der Waals surface area contributed by atoms with Gasteiger partial charge in [0.15, 0.2) is 0 Å². The van der Waals surface area contributed by atoms with Gasteiger partial charge in [0.2, 0.25) is 5.95 Å². The number of carbonyl (C=O) groups is 1. The Hall–Kier alpha value is -2.08. The van der Waals surface area contributed by atoms with Crippen molar-refractivity contribution in [2.75, 3.05) is 17.6 Å². The normalized spacial score (nSPS) is 10.1. The standard InChI is InChI=1S/C15H18N4OS/c20-15(19-14-16-8-4-9-17-14)18-10-5-11-21-12-13-6-2-1-3-7-13/h1-4,6-9H,5,10-12H2,(H2,16,17,18,19,20). The third-order valence-corrected chi connectivity index (χ3v) is 3.77. The van der Waals surface area contributed by atoms with Gasteiger partial charge in [-0.1, -0.05) is 30.3 Å². The van der Waals surface area contributed by atoms with Crippen molar-refractivity contribution in [3.05, 3.63) is 54.4 Å². The Bertz CT molecular complexity index is 536. The molecular weight excluding hydrogens is 284 g/mol. The van der Waals surface area contributed by atoms with Gasteiger partial charge in [-0.3, -0.25) is 5.32 Å². The van der Waals surface area contributed by atoms with E-state index in [2.05, 4.69) is 32.7 Å². The molecule has 0 atom stereocenters. The molecule has 0 saturated heterocycles. The van der Waals surface area contributed by atoms with Crippen LogP contribution < -0.4 is 10.6 Å². The molecule has 0 spiro atoms. The fourth-order valence-electron chi connectivity index (χ4n) is 1.65. The second-order valence-corrected chi connectivity index (χ2v) is 5.45. The lowest BCUT2D eigenvalue weighted by atomic mass is 10.2. The zero-order valence-corrected chi connectivity index (χ0v) is 12.5. The van der Waals surface area contributed by atoms with E-state index in [0.29, 0.717) is 12.5 Å². The molecule has 110 valence electrons. The third kappa shape index (κ3) is 6.27. The van der Waals surface area contributed by atoms with Crippen molar-refractivity contribution in [2.45, 2.75) is 12.2 Å². The maximum absolute atomic E-state index is 11.6. The van der Waals surface area contributed by atoms with Crippen molar-refractivity contribution < 1.29 is 4.79 Å². The molecule has 1 heterocycles. The van der Waals surface area contributed by atoms with E-state index in [4.69, 9.17) is 0 Å². The number of amides is 2. The molecule has 2 aromatic rings. The first-order chi connectivity index (χ1) is 10.3. The van der Waals surface area contributed by atoms with Gasteiger partial charge in [-0.2, -0.15) is 11.8 Å². The Balaban J connectivity index is 1.52. The molecule has 0 saturated carbocycles. The van der Waals surface area contributed by atoms with Crippen LogP contribution in [0.3, 0.4) is 0 Å². The quantitative estimate of drug-likeness (QED) is 0.772. The molecule has 1 aromatic heterocycles. The molecule has 0 radical (unpaired) electrons. The lowest BCUT2D eigenvalue weighted by molar-refractivity contribution is 0.252. The Morgan fingerprint density at radius 3 is 2.62 bits per heavy atom. The Labute approximate surface area is 128 Å². The molecule has 21 heavy (non-hydrogen) atoms. The largest absolute Gasteiger partial charge is 0.338 e. The molecule has 2 rings (SSSR count). The van der Waals surface area contributed by atoms with Crippen molar-refractivity contribution in [3.63, 3.8) is 0 Å². The van der Waals surface area contributed by atoms with Crippen LogP contribution in [0.2, 0.25) is 0 Å². The highest BCUT2D eigenvalue weighted by Gasteiger charge is 2.01. The van der Waals surface area contributed by atoms with E-state index in [9.17, 15) is 4.79 Å². The summed E-state index contributed by atoms with van der Waals surface area (Å²) in [5.41, 5.74) is 1.33. The predicted molar refractivity (Wildman–Crippen MR) is 86.3 cm³/mol. The maximum Gasteiger partial charge on any atom is 0.321 e. The number of benzene rings is 1. The topological polar surface area (TPSA) is 66.9 Å². The van der Waals surface area contributed by atoms with Gasteiger partial charge in [0, 0.05) is 24.7 Å². The molecule has 6 heteroatoms. The molecule has 0 bridgehead atoms. The minimum Gasteiger partial charge on any atom is -0.338 e. The molecule has 0 fully saturated rings. The van der Waals surface area contributed by atoms with Crippen LogP contribution in [-0.2, 0) is 5.75 Å². The van der Waals surface area contributed by atoms with E-state index in [0.717, 1.165) is 17.9 Å². The summed E-state index contributed by atoms with van der Waals surface area (Å²) in [5.74, 6) is 2.33. The van der Waals surface area contributed by atoms with Crippen LogP contribution in [-0.4, -0.2) is 28.3 Å². The van der Waals surface area contributed by atoms with Gasteiger partial charge in [0.05, 0.1) is 0 Å². The monoisotopic (exact) mass is 302 g/mol. The summed E-state index contributed by atoms with van der Waals surface area (Å²) in [5, 5.41) is 5.37. The van der Waals surface area contributed by atoms with Crippen molar-refractivity contribution in [3.8, 4) is 0 Å². The Morgan fingerprint density at radius 2 is 1.86 bits per heavy atom. The molecule has 0 unspecified atom stereocenters. The Kier molecular flexibility index (Phi) is 6.54. The number of hydrogen-bond acceptors (Lipinski definition) is 4. The highest BCUT2D eigenvalue weighted by molar-refractivity contribution is 7.98. The van der Waals surface area contributed by atoms with Crippen LogP contribution in [0, 0.1) is 0 Å². The number of thioether (sulfide) groups is 1. The summed E-state index contributed by atoms with van der Waals surface area (Å²) in [6, 6.07) is 11.8. The molecular formula is C15H18N4OS. The number of hydrogen-bond donors (Lipinski definition) is 2. The fourth-order valence-corrected chi connectivity index (χ4v) is 2.57. The number of aromatic nitrogens is 2. The van der Waals surface area contributed by atoms with E-state index in [1.54, 1.807) is 18.5 Å². The lowest BCUT2D eigenvalue weighted by Crippen LogP contribution is -2.30. The van der Waals surface area contributed by atoms with E-state index in [1.165, 1.54) is 5.56 Å². The highest BCUT2D eigenvalue weighted by atomic mass is 32.2. The fraction of sp³-hybridized carbons (Fsp3) is 0.267. The van der Waals surface area contributed by atoms with Gasteiger partial charge >= 0.3 is 6.03 Å². The van der Waals surface area contributed by atoms with Gasteiger partial charge in [-0.25, -0.2) is 14.8 Å². The summed E-state index contributed by atoms with van der Waals surface area (Å²) >= 11 is 1.87. The minimum absolute atomic E-state index is 0.269. The van der Waals surface area contributed by atoms with Gasteiger partial charge in [0.1, 0.15) is 0 Å². The van der Waals surface area contributed by atoms with Crippen LogP contribution in [0.1, 0.15) is 12.0 Å². The smallest absolute Gasteiger partial charge is 0.321 e. The molecule has 0 aliphatic heterocycles. The first-order valence-electron chi connectivity index (χ1n) is 6.78. The summed E-state index contributed by atoms with van der Waals surface area (Å²) in [6.07, 6.45) is 4.10. The number of urea groups is 1. The van der Waals surface area contributed by atoms with Gasteiger partial charge in [-0.05, 0) is 23.8 Å². The van der Waals surface area contributed by atoms with Gasteiger partial charge in [-0.15, -0.1) is 0 Å². The van der Waals surface area contributed by atoms with Crippen molar-refractivity contribution >= 4 is 23.7 Å². The second-order valence-electron chi connectivity index (χ2n) is 4.35. The van der Waals surface area contributed by atoms with Crippen molar-refractivity contribution in [2.24, 2.45) is 0 Å². The summed E-state index contributed by atoms with van der Waals surface area (Å²) in [4.78, 5) is 19.4. The van der Waals surface area contributed by atoms with E-state index < -0.39 is 0 Å². The average molecular weight is 302 g/mol. The zero-order valence-electron chi connectivity index (χ0n) is 11.7. The van der Waals surface area contributed by atoms with Crippen LogP contribution in [0.4, 0.5) is 10.7 Å². The molecule has 5 nitrogen and oxygen atoms in total. The molecule has 1 aromatic carbocycles. The first-order valence-corrected chi connectivity index (χ1v) is 7.93. The summed E-state index contributed by atoms with van der Waals surface area (Å²) < 4.78 is 0. The number of nitrogens with one attached hydrogen (secondary N) is 2. The van der Waals surface area contributed by atoms with E-state index >= 15 is 0 Å². The second kappa shape index (κ2) is 8.97. The van der Waals surface area contributed by atoms with Crippen LogP contribution in [0.25, 0.3) is 0 Å². The van der Waals surface area contributed by atoms with E-state index in [-0.39, 0.29) is 6.03 Å². The number of carbonyl (C=O) groups excluding carboxylic acids is 1. The minimum atomic E-state index is -0.269. The molecule has 2 N–H and O–H groups in total. The first kappa shape index (κ1) is 15.3. The number of rotatable bonds is 7.